The van der Waals surface area contributed by atoms with Crippen molar-refractivity contribution < 1.29 is 9.72 Å². The summed E-state index contributed by atoms with van der Waals surface area (Å²) in [6, 6.07) is 11.2. The quantitative estimate of drug-likeness (QED) is 0.531. The Labute approximate surface area is 158 Å². The van der Waals surface area contributed by atoms with Gasteiger partial charge in [0.05, 0.1) is 21.6 Å². The van der Waals surface area contributed by atoms with Gasteiger partial charge in [-0.2, -0.15) is 0 Å². The molecule has 1 fully saturated rings. The summed E-state index contributed by atoms with van der Waals surface area (Å²) in [7, 11) is 0. The standard InChI is InChI=1S/C17H13ClN6O3/c18-15-9-13(24(26)27)6-7-14(15)17(25)19-11-3-1-2-10(8-11)16-20-21-22-23(16)12-4-5-12/h1-3,6-9,12H,4-5H2,(H,19,25). The van der Waals surface area contributed by atoms with Gasteiger partial charge in [-0.1, -0.05) is 23.7 Å². The first-order chi connectivity index (χ1) is 13.0. The van der Waals surface area contributed by atoms with Crippen molar-refractivity contribution in [3.8, 4) is 11.4 Å². The molecule has 1 amide bonds. The molecule has 1 saturated carbocycles. The number of anilines is 1. The van der Waals surface area contributed by atoms with Crippen LogP contribution in [0.3, 0.4) is 0 Å². The first-order valence-electron chi connectivity index (χ1n) is 8.16. The van der Waals surface area contributed by atoms with Crippen molar-refractivity contribution >= 4 is 28.9 Å². The summed E-state index contributed by atoms with van der Waals surface area (Å²) in [5.74, 6) is 0.177. The highest BCUT2D eigenvalue weighted by atomic mass is 35.5. The van der Waals surface area contributed by atoms with Crippen LogP contribution in [-0.4, -0.2) is 31.0 Å². The van der Waals surface area contributed by atoms with Gasteiger partial charge in [0.1, 0.15) is 0 Å². The maximum absolute atomic E-state index is 12.5. The van der Waals surface area contributed by atoms with Gasteiger partial charge in [-0.3, -0.25) is 14.9 Å². The van der Waals surface area contributed by atoms with Gasteiger partial charge in [0, 0.05) is 23.4 Å². The number of halogens is 1. The second kappa shape index (κ2) is 6.76. The van der Waals surface area contributed by atoms with E-state index in [1.807, 2.05) is 6.07 Å². The Kier molecular flexibility index (Phi) is 4.28. The van der Waals surface area contributed by atoms with Crippen molar-refractivity contribution in [2.45, 2.75) is 18.9 Å². The average molecular weight is 385 g/mol. The molecular weight excluding hydrogens is 372 g/mol. The van der Waals surface area contributed by atoms with E-state index in [1.54, 1.807) is 22.9 Å². The number of amides is 1. The number of benzene rings is 2. The predicted molar refractivity (Wildman–Crippen MR) is 97.6 cm³/mol. The summed E-state index contributed by atoms with van der Waals surface area (Å²) in [6.07, 6.45) is 2.10. The topological polar surface area (TPSA) is 116 Å². The van der Waals surface area contributed by atoms with Crippen LogP contribution in [0.1, 0.15) is 29.2 Å². The van der Waals surface area contributed by atoms with Crippen LogP contribution >= 0.6 is 11.6 Å². The normalized spacial score (nSPS) is 13.4. The van der Waals surface area contributed by atoms with Crippen LogP contribution in [0.5, 0.6) is 0 Å². The number of rotatable bonds is 5. The molecule has 0 radical (unpaired) electrons. The molecule has 1 aliphatic carbocycles. The van der Waals surface area contributed by atoms with E-state index in [2.05, 4.69) is 20.8 Å². The van der Waals surface area contributed by atoms with Crippen LogP contribution in [-0.2, 0) is 0 Å². The fraction of sp³-hybridized carbons (Fsp3) is 0.176. The molecule has 4 rings (SSSR count). The van der Waals surface area contributed by atoms with Gasteiger partial charge in [-0.25, -0.2) is 4.68 Å². The lowest BCUT2D eigenvalue weighted by molar-refractivity contribution is -0.384. The van der Waals surface area contributed by atoms with Crippen LogP contribution in [0.25, 0.3) is 11.4 Å². The Morgan fingerprint density at radius 1 is 1.26 bits per heavy atom. The van der Waals surface area contributed by atoms with E-state index in [0.29, 0.717) is 17.6 Å². The molecule has 1 N–H and O–H groups in total. The summed E-state index contributed by atoms with van der Waals surface area (Å²) in [4.78, 5) is 22.7. The van der Waals surface area contributed by atoms with E-state index >= 15 is 0 Å². The largest absolute Gasteiger partial charge is 0.322 e. The van der Waals surface area contributed by atoms with Gasteiger partial charge in [-0.15, -0.1) is 5.10 Å². The molecule has 1 aliphatic rings. The Morgan fingerprint density at radius 3 is 2.78 bits per heavy atom. The number of nitrogens with zero attached hydrogens (tertiary/aromatic N) is 5. The monoisotopic (exact) mass is 384 g/mol. The third-order valence-corrected chi connectivity index (χ3v) is 4.49. The van der Waals surface area contributed by atoms with Crippen molar-refractivity contribution in [2.24, 2.45) is 0 Å². The van der Waals surface area contributed by atoms with E-state index in [1.165, 1.54) is 12.1 Å². The van der Waals surface area contributed by atoms with Crippen molar-refractivity contribution in [3.05, 3.63) is 63.2 Å². The van der Waals surface area contributed by atoms with Crippen LogP contribution in [0.2, 0.25) is 5.02 Å². The maximum Gasteiger partial charge on any atom is 0.270 e. The van der Waals surface area contributed by atoms with Crippen molar-refractivity contribution in [1.82, 2.24) is 20.2 Å². The van der Waals surface area contributed by atoms with Gasteiger partial charge in [-0.05, 0) is 41.5 Å². The molecule has 0 saturated heterocycles. The Hall–Kier alpha value is -3.33. The lowest BCUT2D eigenvalue weighted by Gasteiger charge is -2.09. The molecule has 1 aromatic heterocycles. The van der Waals surface area contributed by atoms with Crippen LogP contribution in [0.15, 0.2) is 42.5 Å². The van der Waals surface area contributed by atoms with Gasteiger partial charge in [0.25, 0.3) is 11.6 Å². The molecule has 27 heavy (non-hydrogen) atoms. The van der Waals surface area contributed by atoms with E-state index < -0.39 is 10.8 Å². The molecule has 0 aliphatic heterocycles. The van der Waals surface area contributed by atoms with E-state index in [0.717, 1.165) is 24.5 Å². The minimum atomic E-state index is -0.568. The number of carbonyl (C=O) groups excluding carboxylic acids is 1. The summed E-state index contributed by atoms with van der Waals surface area (Å²) in [6.45, 7) is 0. The number of nitrogens with one attached hydrogen (secondary N) is 1. The zero-order valence-corrected chi connectivity index (χ0v) is 14.6. The number of hydrogen-bond donors (Lipinski definition) is 1. The predicted octanol–water partition coefficient (Wildman–Crippen LogP) is 3.49. The average Bonchev–Trinajstić information content (AvgIpc) is 3.38. The zero-order valence-electron chi connectivity index (χ0n) is 13.9. The summed E-state index contributed by atoms with van der Waals surface area (Å²) in [5, 5.41) is 25.4. The fourth-order valence-electron chi connectivity index (χ4n) is 2.68. The second-order valence-electron chi connectivity index (χ2n) is 6.13. The molecule has 9 nitrogen and oxygen atoms in total. The van der Waals surface area contributed by atoms with Gasteiger partial charge < -0.3 is 5.32 Å². The maximum atomic E-state index is 12.5. The Morgan fingerprint density at radius 2 is 2.07 bits per heavy atom. The highest BCUT2D eigenvalue weighted by Gasteiger charge is 2.28. The minimum Gasteiger partial charge on any atom is -0.322 e. The smallest absolute Gasteiger partial charge is 0.270 e. The molecule has 136 valence electrons. The van der Waals surface area contributed by atoms with Gasteiger partial charge in [0.2, 0.25) is 0 Å². The second-order valence-corrected chi connectivity index (χ2v) is 6.54. The van der Waals surface area contributed by atoms with Crippen LogP contribution in [0.4, 0.5) is 11.4 Å². The van der Waals surface area contributed by atoms with Crippen LogP contribution < -0.4 is 5.32 Å². The Bertz CT molecular complexity index is 1050. The Balaban J connectivity index is 1.57. The van der Waals surface area contributed by atoms with E-state index in [4.69, 9.17) is 11.6 Å². The molecule has 0 bridgehead atoms. The molecule has 0 spiro atoms. The molecule has 1 heterocycles. The van der Waals surface area contributed by atoms with Gasteiger partial charge in [0.15, 0.2) is 5.82 Å². The van der Waals surface area contributed by atoms with Crippen molar-refractivity contribution in [2.75, 3.05) is 5.32 Å². The molecule has 0 atom stereocenters. The number of carbonyl (C=O) groups is 1. The molecule has 10 heteroatoms. The summed E-state index contributed by atoms with van der Waals surface area (Å²) in [5.41, 5.74) is 1.29. The van der Waals surface area contributed by atoms with Gasteiger partial charge >= 0.3 is 0 Å². The number of hydrogen-bond acceptors (Lipinski definition) is 6. The zero-order chi connectivity index (χ0) is 19.0. The first-order valence-corrected chi connectivity index (χ1v) is 8.54. The highest BCUT2D eigenvalue weighted by molar-refractivity contribution is 6.34. The van der Waals surface area contributed by atoms with Crippen molar-refractivity contribution in [1.29, 1.82) is 0 Å². The minimum absolute atomic E-state index is 0.00975. The molecule has 2 aromatic carbocycles. The number of tetrazole rings is 1. The lowest BCUT2D eigenvalue weighted by atomic mass is 10.1. The highest BCUT2D eigenvalue weighted by Crippen LogP contribution is 2.36. The summed E-state index contributed by atoms with van der Waals surface area (Å²) >= 11 is 6.01. The molecule has 0 unspecified atom stereocenters. The number of nitro groups is 1. The van der Waals surface area contributed by atoms with Crippen molar-refractivity contribution in [3.63, 3.8) is 0 Å². The van der Waals surface area contributed by atoms with Crippen LogP contribution in [0, 0.1) is 10.1 Å². The van der Waals surface area contributed by atoms with E-state index in [9.17, 15) is 14.9 Å². The summed E-state index contributed by atoms with van der Waals surface area (Å²) < 4.78 is 1.79. The molecule has 3 aromatic rings. The number of aromatic nitrogens is 4. The SMILES string of the molecule is O=C(Nc1cccc(-c2nnnn2C2CC2)c1)c1ccc([N+](=O)[O-])cc1Cl. The first kappa shape index (κ1) is 17.1. The number of non-ortho nitro benzene ring substituents is 1. The third kappa shape index (κ3) is 3.49. The van der Waals surface area contributed by atoms with E-state index in [-0.39, 0.29) is 16.3 Å². The third-order valence-electron chi connectivity index (χ3n) is 4.17. The lowest BCUT2D eigenvalue weighted by Crippen LogP contribution is -2.12. The molecular formula is C17H13ClN6O3. The fourth-order valence-corrected chi connectivity index (χ4v) is 2.95. The number of nitro benzene ring substituents is 1.